The van der Waals surface area contributed by atoms with Gasteiger partial charge in [0.1, 0.15) is 0 Å². The van der Waals surface area contributed by atoms with Crippen LogP contribution in [0.5, 0.6) is 0 Å². The molecule has 0 aromatic rings. The molecule has 2 unspecified atom stereocenters. The van der Waals surface area contributed by atoms with Crippen LogP contribution < -0.4 is 5.32 Å². The first-order valence-corrected chi connectivity index (χ1v) is 7.13. The maximum Gasteiger partial charge on any atom is 0.0725 e. The van der Waals surface area contributed by atoms with E-state index in [4.69, 9.17) is 9.47 Å². The lowest BCUT2D eigenvalue weighted by atomic mass is 10.0. The molecule has 0 spiro atoms. The van der Waals surface area contributed by atoms with Crippen molar-refractivity contribution in [1.82, 2.24) is 5.32 Å². The van der Waals surface area contributed by atoms with Gasteiger partial charge in [0.15, 0.2) is 0 Å². The van der Waals surface area contributed by atoms with Gasteiger partial charge in [-0.1, -0.05) is 27.2 Å². The van der Waals surface area contributed by atoms with Gasteiger partial charge in [-0.15, -0.1) is 0 Å². The Bertz CT molecular complexity index is 153. The summed E-state index contributed by atoms with van der Waals surface area (Å²) in [6.07, 6.45) is 5.99. The van der Waals surface area contributed by atoms with Gasteiger partial charge in [-0.05, 0) is 32.2 Å². The van der Waals surface area contributed by atoms with E-state index in [1.54, 1.807) is 7.11 Å². The van der Waals surface area contributed by atoms with Crippen LogP contribution in [0.3, 0.4) is 0 Å². The summed E-state index contributed by atoms with van der Waals surface area (Å²) in [6.45, 7) is 9.33. The molecule has 0 fully saturated rings. The molecule has 2 atom stereocenters. The first-order valence-electron chi connectivity index (χ1n) is 7.13. The second-order valence-electron chi connectivity index (χ2n) is 4.51. The molecule has 0 aliphatic heterocycles. The number of methoxy groups -OCH3 is 1. The van der Waals surface area contributed by atoms with Gasteiger partial charge in [0.05, 0.1) is 6.10 Å². The molecule has 0 heterocycles. The molecule has 0 aromatic heterocycles. The Labute approximate surface area is 107 Å². The number of ether oxygens (including phenoxy) is 2. The summed E-state index contributed by atoms with van der Waals surface area (Å²) < 4.78 is 11.0. The standard InChI is InChI=1S/C14H31NO2/c1-5-9-13(15-10-6-2)14(7-3)17-12-8-11-16-4/h13-15H,5-12H2,1-4H3. The smallest absolute Gasteiger partial charge is 0.0725 e. The summed E-state index contributed by atoms with van der Waals surface area (Å²) in [5, 5.41) is 3.61. The lowest BCUT2D eigenvalue weighted by molar-refractivity contribution is 0.0120. The Hall–Kier alpha value is -0.120. The van der Waals surface area contributed by atoms with Gasteiger partial charge in [-0.3, -0.25) is 0 Å². The van der Waals surface area contributed by atoms with Crippen molar-refractivity contribution in [3.8, 4) is 0 Å². The predicted molar refractivity (Wildman–Crippen MR) is 73.5 cm³/mol. The second kappa shape index (κ2) is 12.3. The third kappa shape index (κ3) is 8.58. The fourth-order valence-electron chi connectivity index (χ4n) is 2.02. The molecule has 104 valence electrons. The van der Waals surface area contributed by atoms with Crippen LogP contribution in [0.1, 0.15) is 52.9 Å². The second-order valence-corrected chi connectivity index (χ2v) is 4.51. The van der Waals surface area contributed by atoms with Gasteiger partial charge in [-0.25, -0.2) is 0 Å². The molecule has 0 radical (unpaired) electrons. The molecule has 0 aliphatic carbocycles. The SMILES string of the molecule is CCCNC(CCC)C(CC)OCCCOC. The third-order valence-electron chi connectivity index (χ3n) is 2.93. The Balaban J connectivity index is 3.95. The number of hydrogen-bond donors (Lipinski definition) is 1. The molecule has 3 nitrogen and oxygen atoms in total. The molecule has 17 heavy (non-hydrogen) atoms. The van der Waals surface area contributed by atoms with Crippen LogP contribution in [0, 0.1) is 0 Å². The quantitative estimate of drug-likeness (QED) is 0.536. The molecule has 3 heteroatoms. The highest BCUT2D eigenvalue weighted by Gasteiger charge is 2.18. The van der Waals surface area contributed by atoms with Crippen LogP contribution in [-0.4, -0.2) is 39.0 Å². The number of hydrogen-bond acceptors (Lipinski definition) is 3. The maximum absolute atomic E-state index is 5.96. The zero-order valence-electron chi connectivity index (χ0n) is 12.1. The van der Waals surface area contributed by atoms with E-state index in [0.29, 0.717) is 12.1 Å². The predicted octanol–water partition coefficient (Wildman–Crippen LogP) is 2.99. The normalized spacial score (nSPS) is 14.8. The first-order chi connectivity index (χ1) is 8.29. The minimum atomic E-state index is 0.346. The van der Waals surface area contributed by atoms with E-state index in [1.807, 2.05) is 0 Å². The minimum absolute atomic E-state index is 0.346. The van der Waals surface area contributed by atoms with Crippen molar-refractivity contribution in [1.29, 1.82) is 0 Å². The lowest BCUT2D eigenvalue weighted by Gasteiger charge is -2.27. The molecule has 0 aliphatic rings. The summed E-state index contributed by atoms with van der Waals surface area (Å²) in [7, 11) is 1.74. The highest BCUT2D eigenvalue weighted by atomic mass is 16.5. The van der Waals surface area contributed by atoms with Gasteiger partial charge in [0.25, 0.3) is 0 Å². The Morgan fingerprint density at radius 3 is 2.35 bits per heavy atom. The van der Waals surface area contributed by atoms with Gasteiger partial charge < -0.3 is 14.8 Å². The zero-order chi connectivity index (χ0) is 12.9. The summed E-state index contributed by atoms with van der Waals surface area (Å²) in [4.78, 5) is 0. The topological polar surface area (TPSA) is 30.5 Å². The van der Waals surface area contributed by atoms with E-state index in [2.05, 4.69) is 26.1 Å². The molecule has 0 saturated heterocycles. The zero-order valence-corrected chi connectivity index (χ0v) is 12.1. The Morgan fingerprint density at radius 2 is 1.82 bits per heavy atom. The molecule has 0 aromatic carbocycles. The van der Waals surface area contributed by atoms with Gasteiger partial charge in [-0.2, -0.15) is 0 Å². The average Bonchev–Trinajstić information content (AvgIpc) is 2.35. The fraction of sp³-hybridized carbons (Fsp3) is 1.00. The molecule has 0 rings (SSSR count). The van der Waals surface area contributed by atoms with Crippen LogP contribution >= 0.6 is 0 Å². The van der Waals surface area contributed by atoms with Crippen molar-refractivity contribution in [3.05, 3.63) is 0 Å². The van der Waals surface area contributed by atoms with Gasteiger partial charge in [0, 0.05) is 26.4 Å². The van der Waals surface area contributed by atoms with Crippen LogP contribution in [0.4, 0.5) is 0 Å². The fourth-order valence-corrected chi connectivity index (χ4v) is 2.02. The summed E-state index contributed by atoms with van der Waals surface area (Å²) in [6, 6.07) is 0.507. The van der Waals surface area contributed by atoms with Crippen LogP contribution in [-0.2, 0) is 9.47 Å². The molecule has 0 amide bonds. The van der Waals surface area contributed by atoms with Gasteiger partial charge in [0.2, 0.25) is 0 Å². The molecule has 0 bridgehead atoms. The monoisotopic (exact) mass is 245 g/mol. The van der Waals surface area contributed by atoms with Crippen LogP contribution in [0.25, 0.3) is 0 Å². The summed E-state index contributed by atoms with van der Waals surface area (Å²) in [5.41, 5.74) is 0. The number of nitrogens with one attached hydrogen (secondary N) is 1. The van der Waals surface area contributed by atoms with E-state index in [9.17, 15) is 0 Å². The van der Waals surface area contributed by atoms with E-state index in [-0.39, 0.29) is 0 Å². The van der Waals surface area contributed by atoms with Crippen molar-refractivity contribution in [2.24, 2.45) is 0 Å². The Kier molecular flexibility index (Phi) is 12.3. The highest BCUT2D eigenvalue weighted by Crippen LogP contribution is 2.11. The number of rotatable bonds is 12. The van der Waals surface area contributed by atoms with Crippen molar-refractivity contribution in [3.63, 3.8) is 0 Å². The third-order valence-corrected chi connectivity index (χ3v) is 2.93. The first kappa shape index (κ1) is 16.9. The van der Waals surface area contributed by atoms with E-state index >= 15 is 0 Å². The molecule has 1 N–H and O–H groups in total. The van der Waals surface area contributed by atoms with E-state index < -0.39 is 0 Å². The van der Waals surface area contributed by atoms with Gasteiger partial charge >= 0.3 is 0 Å². The lowest BCUT2D eigenvalue weighted by Crippen LogP contribution is -2.41. The van der Waals surface area contributed by atoms with E-state index in [1.165, 1.54) is 19.3 Å². The summed E-state index contributed by atoms with van der Waals surface area (Å²) >= 11 is 0. The Morgan fingerprint density at radius 1 is 1.06 bits per heavy atom. The van der Waals surface area contributed by atoms with Crippen LogP contribution in [0.15, 0.2) is 0 Å². The molecular formula is C14H31NO2. The van der Waals surface area contributed by atoms with Crippen LogP contribution in [0.2, 0.25) is 0 Å². The molecule has 0 saturated carbocycles. The van der Waals surface area contributed by atoms with E-state index in [0.717, 1.165) is 32.6 Å². The van der Waals surface area contributed by atoms with Crippen molar-refractivity contribution in [2.45, 2.75) is 65.0 Å². The minimum Gasteiger partial charge on any atom is -0.385 e. The average molecular weight is 245 g/mol. The van der Waals surface area contributed by atoms with Crippen molar-refractivity contribution >= 4 is 0 Å². The highest BCUT2D eigenvalue weighted by molar-refractivity contribution is 4.75. The van der Waals surface area contributed by atoms with Crippen molar-refractivity contribution in [2.75, 3.05) is 26.9 Å². The van der Waals surface area contributed by atoms with Crippen molar-refractivity contribution < 1.29 is 9.47 Å². The maximum atomic E-state index is 5.96. The summed E-state index contributed by atoms with van der Waals surface area (Å²) in [5.74, 6) is 0. The largest absolute Gasteiger partial charge is 0.385 e. The molecular weight excluding hydrogens is 214 g/mol.